The molecule has 7 nitrogen and oxygen atoms in total. The van der Waals surface area contributed by atoms with Crippen molar-refractivity contribution in [1.82, 2.24) is 5.32 Å². The van der Waals surface area contributed by atoms with Crippen LogP contribution < -0.4 is 10.1 Å². The normalized spacial score (nSPS) is 14.0. The van der Waals surface area contributed by atoms with E-state index in [4.69, 9.17) is 16.3 Å². The summed E-state index contributed by atoms with van der Waals surface area (Å²) in [6, 6.07) is 2.80. The Morgan fingerprint density at radius 3 is 2.36 bits per heavy atom. The highest BCUT2D eigenvalue weighted by Gasteiger charge is 2.29. The molecule has 0 aliphatic rings. The van der Waals surface area contributed by atoms with Gasteiger partial charge in [-0.15, -0.1) is 0 Å². The molecule has 22 heavy (non-hydrogen) atoms. The topological polar surface area (TPSA) is 110 Å². The van der Waals surface area contributed by atoms with Crippen LogP contribution in [0, 0.1) is 0 Å². The van der Waals surface area contributed by atoms with E-state index in [0.717, 1.165) is 6.26 Å². The highest BCUT2D eigenvalue weighted by atomic mass is 35.5. The first-order valence-corrected chi connectivity index (χ1v) is 8.46. The number of nitrogens with one attached hydrogen (secondary N) is 1. The Morgan fingerprint density at radius 2 is 1.95 bits per heavy atom. The van der Waals surface area contributed by atoms with Gasteiger partial charge in [0.2, 0.25) is 5.91 Å². The molecule has 1 aromatic carbocycles. The summed E-state index contributed by atoms with van der Waals surface area (Å²) in [7, 11) is -2.22. The van der Waals surface area contributed by atoms with Gasteiger partial charge in [0, 0.05) is 6.26 Å². The van der Waals surface area contributed by atoms with Crippen molar-refractivity contribution in [1.29, 1.82) is 0 Å². The number of hydrogen-bond donors (Lipinski definition) is 2. The molecular formula is C13H16ClNO6S. The summed E-state index contributed by atoms with van der Waals surface area (Å²) in [5.74, 6) is -1.89. The molecule has 9 heteroatoms. The first kappa shape index (κ1) is 18.2. The molecule has 1 amide bonds. The molecule has 0 fully saturated rings. The molecule has 0 aromatic heterocycles. The molecule has 2 unspecified atom stereocenters. The minimum Gasteiger partial charge on any atom is -0.495 e. The minimum atomic E-state index is -3.63. The zero-order valence-corrected chi connectivity index (χ0v) is 13.7. The number of halogens is 1. The average molecular weight is 350 g/mol. The third-order valence-corrected chi connectivity index (χ3v) is 4.85. The number of ether oxygens (including phenoxy) is 1. The summed E-state index contributed by atoms with van der Waals surface area (Å²) in [4.78, 5) is 23.2. The number of carbonyl (C=O) groups is 2. The molecule has 0 spiro atoms. The maximum absolute atomic E-state index is 11.9. The van der Waals surface area contributed by atoms with Gasteiger partial charge >= 0.3 is 5.97 Å². The molecule has 2 atom stereocenters. The number of carboxylic acid groups (broad SMARTS) is 1. The lowest BCUT2D eigenvalue weighted by Gasteiger charge is -2.18. The van der Waals surface area contributed by atoms with Crippen molar-refractivity contribution in [2.45, 2.75) is 18.2 Å². The minimum absolute atomic E-state index is 0.177. The third kappa shape index (κ3) is 4.35. The van der Waals surface area contributed by atoms with Gasteiger partial charge in [-0.2, -0.15) is 0 Å². The first-order chi connectivity index (χ1) is 10.1. The van der Waals surface area contributed by atoms with Crippen LogP contribution in [0.5, 0.6) is 5.75 Å². The van der Waals surface area contributed by atoms with Gasteiger partial charge in [0.15, 0.2) is 15.9 Å². The number of sulfone groups is 1. The van der Waals surface area contributed by atoms with Gasteiger partial charge in [-0.25, -0.2) is 13.2 Å². The SMILES string of the molecule is COc1ccc(C(NC(=O)C(C)S(C)(=O)=O)C(=O)O)cc1Cl. The standard InChI is InChI=1S/C13H16ClNO6S/c1-7(22(3,19)20)12(16)15-11(13(17)18)8-4-5-10(21-2)9(14)6-8/h4-7,11H,1-3H3,(H,15,16)(H,17,18). The molecule has 0 saturated carbocycles. The van der Waals surface area contributed by atoms with Crippen molar-refractivity contribution in [2.75, 3.05) is 13.4 Å². The summed E-state index contributed by atoms with van der Waals surface area (Å²) < 4.78 is 27.7. The molecule has 0 heterocycles. The molecule has 2 N–H and O–H groups in total. The Balaban J connectivity index is 3.08. The third-order valence-electron chi connectivity index (χ3n) is 3.05. The van der Waals surface area contributed by atoms with E-state index >= 15 is 0 Å². The van der Waals surface area contributed by atoms with E-state index in [-0.39, 0.29) is 10.6 Å². The van der Waals surface area contributed by atoms with E-state index < -0.39 is 33.0 Å². The fourth-order valence-electron chi connectivity index (χ4n) is 1.60. The van der Waals surface area contributed by atoms with Crippen LogP contribution >= 0.6 is 11.6 Å². The fourth-order valence-corrected chi connectivity index (χ4v) is 2.33. The predicted molar refractivity (Wildman–Crippen MR) is 80.8 cm³/mol. The van der Waals surface area contributed by atoms with Crippen LogP contribution in [0.4, 0.5) is 0 Å². The summed E-state index contributed by atoms with van der Waals surface area (Å²) in [6.45, 7) is 1.19. The maximum Gasteiger partial charge on any atom is 0.330 e. The van der Waals surface area contributed by atoms with E-state index in [1.165, 1.54) is 32.2 Å². The number of rotatable bonds is 6. The molecule has 0 saturated heterocycles. The van der Waals surface area contributed by atoms with Gasteiger partial charge in [0.25, 0.3) is 0 Å². The maximum atomic E-state index is 11.9. The van der Waals surface area contributed by atoms with Crippen LogP contribution in [-0.4, -0.2) is 44.0 Å². The van der Waals surface area contributed by atoms with Crippen LogP contribution in [0.25, 0.3) is 0 Å². The number of carboxylic acids is 1. The number of carbonyl (C=O) groups excluding carboxylic acids is 1. The van der Waals surface area contributed by atoms with Crippen LogP contribution in [-0.2, 0) is 19.4 Å². The van der Waals surface area contributed by atoms with Gasteiger partial charge < -0.3 is 15.2 Å². The number of amides is 1. The van der Waals surface area contributed by atoms with Crippen LogP contribution in [0.2, 0.25) is 5.02 Å². The zero-order chi connectivity index (χ0) is 17.1. The highest BCUT2D eigenvalue weighted by Crippen LogP contribution is 2.27. The molecule has 0 aliphatic heterocycles. The van der Waals surface area contributed by atoms with Gasteiger partial charge in [-0.05, 0) is 24.6 Å². The van der Waals surface area contributed by atoms with Crippen molar-refractivity contribution < 1.29 is 27.9 Å². The summed E-state index contributed by atoms with van der Waals surface area (Å²) in [5, 5.41) is 10.2. The second-order valence-corrected chi connectivity index (χ2v) is 7.42. The van der Waals surface area contributed by atoms with Crippen molar-refractivity contribution in [3.8, 4) is 5.75 Å². The smallest absolute Gasteiger partial charge is 0.330 e. The predicted octanol–water partition coefficient (Wildman–Crippen LogP) is 1.02. The zero-order valence-electron chi connectivity index (χ0n) is 12.2. The largest absolute Gasteiger partial charge is 0.495 e. The highest BCUT2D eigenvalue weighted by molar-refractivity contribution is 7.92. The molecule has 1 aromatic rings. The summed E-state index contributed by atoms with van der Waals surface area (Å²) >= 11 is 5.92. The second-order valence-electron chi connectivity index (χ2n) is 4.65. The van der Waals surface area contributed by atoms with Gasteiger partial charge in [-0.3, -0.25) is 4.79 Å². The average Bonchev–Trinajstić information content (AvgIpc) is 2.42. The number of hydrogen-bond acceptors (Lipinski definition) is 5. The second kappa shape index (κ2) is 6.97. The monoisotopic (exact) mass is 349 g/mol. The molecule has 0 bridgehead atoms. The first-order valence-electron chi connectivity index (χ1n) is 6.13. The Kier molecular flexibility index (Phi) is 5.78. The van der Waals surface area contributed by atoms with Crippen molar-refractivity contribution in [2.24, 2.45) is 0 Å². The van der Waals surface area contributed by atoms with Gasteiger partial charge in [-0.1, -0.05) is 17.7 Å². The summed E-state index contributed by atoms with van der Waals surface area (Å²) in [6.07, 6.45) is 0.900. The van der Waals surface area contributed by atoms with Gasteiger partial charge in [0.1, 0.15) is 11.0 Å². The lowest BCUT2D eigenvalue weighted by molar-refractivity contribution is -0.141. The lowest BCUT2D eigenvalue weighted by Crippen LogP contribution is -2.42. The Bertz CT molecular complexity index is 688. The number of benzene rings is 1. The Labute approximate surface area is 133 Å². The van der Waals surface area contributed by atoms with Crippen molar-refractivity contribution >= 4 is 33.3 Å². The molecule has 1 rings (SSSR count). The Morgan fingerprint density at radius 1 is 1.36 bits per heavy atom. The van der Waals surface area contributed by atoms with E-state index in [0.29, 0.717) is 5.75 Å². The van der Waals surface area contributed by atoms with E-state index in [9.17, 15) is 23.1 Å². The van der Waals surface area contributed by atoms with Crippen LogP contribution in [0.1, 0.15) is 18.5 Å². The fraction of sp³-hybridized carbons (Fsp3) is 0.385. The number of methoxy groups -OCH3 is 1. The van der Waals surface area contributed by atoms with E-state index in [2.05, 4.69) is 5.32 Å². The summed E-state index contributed by atoms with van der Waals surface area (Å²) in [5.41, 5.74) is 0.201. The van der Waals surface area contributed by atoms with Crippen LogP contribution in [0.3, 0.4) is 0 Å². The van der Waals surface area contributed by atoms with Gasteiger partial charge in [0.05, 0.1) is 12.1 Å². The molecule has 122 valence electrons. The van der Waals surface area contributed by atoms with E-state index in [1.54, 1.807) is 0 Å². The quantitative estimate of drug-likeness (QED) is 0.793. The van der Waals surface area contributed by atoms with Crippen molar-refractivity contribution in [3.05, 3.63) is 28.8 Å². The van der Waals surface area contributed by atoms with Crippen LogP contribution in [0.15, 0.2) is 18.2 Å². The molecular weight excluding hydrogens is 334 g/mol. The number of aliphatic carboxylic acids is 1. The lowest BCUT2D eigenvalue weighted by atomic mass is 10.1. The van der Waals surface area contributed by atoms with E-state index in [1.807, 2.05) is 0 Å². The van der Waals surface area contributed by atoms with Crippen molar-refractivity contribution in [3.63, 3.8) is 0 Å². The molecule has 0 radical (unpaired) electrons. The Hall–Kier alpha value is -1.80. The molecule has 0 aliphatic carbocycles.